The van der Waals surface area contributed by atoms with Gasteiger partial charge in [-0.1, -0.05) is 52.7 Å². The molecule has 2 rings (SSSR count). The van der Waals surface area contributed by atoms with E-state index < -0.39 is 10.0 Å². The van der Waals surface area contributed by atoms with E-state index in [1.165, 1.54) is 0 Å². The molecule has 21 heavy (non-hydrogen) atoms. The third-order valence-corrected chi connectivity index (χ3v) is 5.33. The molecule has 0 aliphatic heterocycles. The molecule has 0 fully saturated rings. The average molecular weight is 368 g/mol. The summed E-state index contributed by atoms with van der Waals surface area (Å²) in [4.78, 5) is 0.274. The van der Waals surface area contributed by atoms with E-state index in [4.69, 9.17) is 0 Å². The third kappa shape index (κ3) is 4.15. The molecule has 0 aromatic heterocycles. The summed E-state index contributed by atoms with van der Waals surface area (Å²) in [5.41, 5.74) is 2.13. The minimum Gasteiger partial charge on any atom is -0.207 e. The molecule has 1 unspecified atom stereocenters. The lowest BCUT2D eigenvalue weighted by Crippen LogP contribution is -2.28. The first-order valence-electron chi connectivity index (χ1n) is 6.77. The zero-order valence-electron chi connectivity index (χ0n) is 12.0. The van der Waals surface area contributed by atoms with E-state index in [9.17, 15) is 8.42 Å². The maximum Gasteiger partial charge on any atom is 0.241 e. The van der Waals surface area contributed by atoms with Crippen LogP contribution in [0.25, 0.3) is 0 Å². The number of halogens is 1. The molecule has 0 saturated carbocycles. The Labute approximate surface area is 134 Å². The van der Waals surface area contributed by atoms with Gasteiger partial charge in [0.2, 0.25) is 10.0 Å². The molecule has 0 radical (unpaired) electrons. The molecule has 2 aromatic rings. The molecular formula is C16H18BrNO2S. The molecule has 5 heteroatoms. The van der Waals surface area contributed by atoms with Crippen LogP contribution >= 0.6 is 15.9 Å². The SMILES string of the molecule is CCC(NS(=O)(=O)c1ccc(Br)cc1)c1ccc(C)cc1. The van der Waals surface area contributed by atoms with Gasteiger partial charge in [0.25, 0.3) is 0 Å². The predicted octanol–water partition coefficient (Wildman–Crippen LogP) is 4.19. The van der Waals surface area contributed by atoms with Crippen LogP contribution in [0.4, 0.5) is 0 Å². The Morgan fingerprint density at radius 2 is 1.62 bits per heavy atom. The summed E-state index contributed by atoms with van der Waals surface area (Å²) in [5, 5.41) is 0. The fraction of sp³-hybridized carbons (Fsp3) is 0.250. The van der Waals surface area contributed by atoms with E-state index in [0.717, 1.165) is 15.6 Å². The van der Waals surface area contributed by atoms with Crippen LogP contribution in [0.1, 0.15) is 30.5 Å². The van der Waals surface area contributed by atoms with Crippen molar-refractivity contribution in [3.05, 3.63) is 64.1 Å². The highest BCUT2D eigenvalue weighted by molar-refractivity contribution is 9.10. The van der Waals surface area contributed by atoms with Crippen LogP contribution in [0.3, 0.4) is 0 Å². The Kier molecular flexibility index (Phi) is 5.19. The summed E-state index contributed by atoms with van der Waals surface area (Å²) < 4.78 is 28.5. The second-order valence-electron chi connectivity index (χ2n) is 4.95. The molecule has 1 atom stereocenters. The lowest BCUT2D eigenvalue weighted by Gasteiger charge is -2.18. The van der Waals surface area contributed by atoms with E-state index >= 15 is 0 Å². The van der Waals surface area contributed by atoms with Crippen molar-refractivity contribution in [1.82, 2.24) is 4.72 Å². The molecule has 0 saturated heterocycles. The van der Waals surface area contributed by atoms with Crippen LogP contribution in [0.5, 0.6) is 0 Å². The molecule has 2 aromatic carbocycles. The number of hydrogen-bond acceptors (Lipinski definition) is 2. The van der Waals surface area contributed by atoms with Crippen LogP contribution in [-0.4, -0.2) is 8.42 Å². The van der Waals surface area contributed by atoms with Gasteiger partial charge in [-0.2, -0.15) is 0 Å². The summed E-state index contributed by atoms with van der Waals surface area (Å²) in [5.74, 6) is 0. The zero-order chi connectivity index (χ0) is 15.5. The van der Waals surface area contributed by atoms with Crippen molar-refractivity contribution in [2.45, 2.75) is 31.2 Å². The van der Waals surface area contributed by atoms with Gasteiger partial charge in [0.05, 0.1) is 4.90 Å². The van der Waals surface area contributed by atoms with Gasteiger partial charge in [-0.25, -0.2) is 13.1 Å². The van der Waals surface area contributed by atoms with E-state index in [0.29, 0.717) is 6.42 Å². The molecule has 0 spiro atoms. The van der Waals surface area contributed by atoms with Crippen molar-refractivity contribution in [2.24, 2.45) is 0 Å². The van der Waals surface area contributed by atoms with Crippen molar-refractivity contribution in [2.75, 3.05) is 0 Å². The number of aryl methyl sites for hydroxylation is 1. The highest BCUT2D eigenvalue weighted by atomic mass is 79.9. The van der Waals surface area contributed by atoms with Crippen molar-refractivity contribution < 1.29 is 8.42 Å². The number of benzene rings is 2. The van der Waals surface area contributed by atoms with Crippen LogP contribution in [-0.2, 0) is 10.0 Å². The van der Waals surface area contributed by atoms with Crippen molar-refractivity contribution in [3.63, 3.8) is 0 Å². The lowest BCUT2D eigenvalue weighted by molar-refractivity contribution is 0.550. The third-order valence-electron chi connectivity index (χ3n) is 3.31. The zero-order valence-corrected chi connectivity index (χ0v) is 14.4. The maximum absolute atomic E-state index is 12.4. The van der Waals surface area contributed by atoms with Crippen LogP contribution in [0.15, 0.2) is 57.9 Å². The summed E-state index contributed by atoms with van der Waals surface area (Å²) in [7, 11) is -3.52. The maximum atomic E-state index is 12.4. The number of nitrogens with one attached hydrogen (secondary N) is 1. The fourth-order valence-corrected chi connectivity index (χ4v) is 3.63. The summed E-state index contributed by atoms with van der Waals surface area (Å²) in [6, 6.07) is 14.3. The molecule has 0 aliphatic rings. The number of sulfonamides is 1. The van der Waals surface area contributed by atoms with Gasteiger partial charge in [0.1, 0.15) is 0 Å². The molecule has 0 aliphatic carbocycles. The first-order chi connectivity index (χ1) is 9.92. The Morgan fingerprint density at radius 3 is 2.14 bits per heavy atom. The van der Waals surface area contributed by atoms with Crippen LogP contribution in [0, 0.1) is 6.92 Å². The van der Waals surface area contributed by atoms with Crippen molar-refractivity contribution >= 4 is 26.0 Å². The van der Waals surface area contributed by atoms with E-state index in [1.54, 1.807) is 24.3 Å². The molecule has 0 bridgehead atoms. The molecule has 1 N–H and O–H groups in total. The molecular weight excluding hydrogens is 350 g/mol. The average Bonchev–Trinajstić information content (AvgIpc) is 2.46. The van der Waals surface area contributed by atoms with Gasteiger partial charge in [0, 0.05) is 10.5 Å². The second kappa shape index (κ2) is 6.73. The lowest BCUT2D eigenvalue weighted by atomic mass is 10.0. The first kappa shape index (κ1) is 16.2. The Morgan fingerprint density at radius 1 is 1.05 bits per heavy atom. The topological polar surface area (TPSA) is 46.2 Å². The summed E-state index contributed by atoms with van der Waals surface area (Å²) in [6.07, 6.45) is 0.693. The summed E-state index contributed by atoms with van der Waals surface area (Å²) >= 11 is 3.30. The van der Waals surface area contributed by atoms with Crippen molar-refractivity contribution in [1.29, 1.82) is 0 Å². The Bertz CT molecular complexity index is 694. The number of hydrogen-bond donors (Lipinski definition) is 1. The van der Waals surface area contributed by atoms with Gasteiger partial charge in [-0.3, -0.25) is 0 Å². The van der Waals surface area contributed by atoms with E-state index in [1.807, 2.05) is 38.1 Å². The molecule has 112 valence electrons. The predicted molar refractivity (Wildman–Crippen MR) is 88.7 cm³/mol. The molecule has 0 heterocycles. The highest BCUT2D eigenvalue weighted by Gasteiger charge is 2.20. The van der Waals surface area contributed by atoms with Gasteiger partial charge < -0.3 is 0 Å². The van der Waals surface area contributed by atoms with Gasteiger partial charge in [-0.05, 0) is 43.2 Å². The van der Waals surface area contributed by atoms with Crippen molar-refractivity contribution in [3.8, 4) is 0 Å². The normalized spacial score (nSPS) is 13.1. The Hall–Kier alpha value is -1.17. The highest BCUT2D eigenvalue weighted by Crippen LogP contribution is 2.21. The van der Waals surface area contributed by atoms with Gasteiger partial charge in [-0.15, -0.1) is 0 Å². The molecule has 0 amide bonds. The van der Waals surface area contributed by atoms with E-state index in [2.05, 4.69) is 20.7 Å². The standard InChI is InChI=1S/C16H18BrNO2S/c1-3-16(13-6-4-12(2)5-7-13)18-21(19,20)15-10-8-14(17)9-11-15/h4-11,16,18H,3H2,1-2H3. The minimum absolute atomic E-state index is 0.223. The number of rotatable bonds is 5. The van der Waals surface area contributed by atoms with E-state index in [-0.39, 0.29) is 10.9 Å². The van der Waals surface area contributed by atoms with Crippen LogP contribution < -0.4 is 4.72 Å². The van der Waals surface area contributed by atoms with Crippen LogP contribution in [0.2, 0.25) is 0 Å². The summed E-state index contributed by atoms with van der Waals surface area (Å²) in [6.45, 7) is 3.98. The minimum atomic E-state index is -3.52. The first-order valence-corrected chi connectivity index (χ1v) is 9.04. The Balaban J connectivity index is 2.24. The second-order valence-corrected chi connectivity index (χ2v) is 7.58. The van der Waals surface area contributed by atoms with Gasteiger partial charge in [0.15, 0.2) is 0 Å². The largest absolute Gasteiger partial charge is 0.241 e. The monoisotopic (exact) mass is 367 g/mol. The van der Waals surface area contributed by atoms with Gasteiger partial charge >= 0.3 is 0 Å². The molecule has 3 nitrogen and oxygen atoms in total. The fourth-order valence-electron chi connectivity index (χ4n) is 2.05. The quantitative estimate of drug-likeness (QED) is 0.860. The smallest absolute Gasteiger partial charge is 0.207 e.